The number of nitrogens with zero attached hydrogens (tertiary/aromatic N) is 1. The van der Waals surface area contributed by atoms with Gasteiger partial charge in [0.05, 0.1) is 5.71 Å². The molecule has 1 N–H and O–H groups in total. The van der Waals surface area contributed by atoms with E-state index in [0.717, 1.165) is 37.0 Å². The highest BCUT2D eigenvalue weighted by Crippen LogP contribution is 2.28. The number of carbonyl (C=O) groups excluding carboxylic acids is 1. The standard InChI is InChI=1S/C14H18N2O/c1-2-6-13(11-7-4-3-5-8-11)15-16-14(17)12-9-10-12/h3-5,7-8,12H,2,6,9-10H2,1H3,(H,16,17)/b15-13+. The Labute approximate surface area is 102 Å². The van der Waals surface area contributed by atoms with Crippen molar-refractivity contribution >= 4 is 11.6 Å². The number of amides is 1. The van der Waals surface area contributed by atoms with E-state index >= 15 is 0 Å². The SMILES string of the molecule is CCC/C(=N\NC(=O)C1CC1)c1ccccc1. The highest BCUT2D eigenvalue weighted by Gasteiger charge is 2.29. The molecule has 1 aliphatic rings. The Hall–Kier alpha value is -1.64. The van der Waals surface area contributed by atoms with E-state index in [9.17, 15) is 4.79 Å². The molecule has 0 saturated heterocycles. The van der Waals surface area contributed by atoms with E-state index in [-0.39, 0.29) is 11.8 Å². The van der Waals surface area contributed by atoms with Gasteiger partial charge in [-0.15, -0.1) is 0 Å². The molecule has 0 aliphatic heterocycles. The number of rotatable bonds is 5. The molecule has 1 aliphatic carbocycles. The highest BCUT2D eigenvalue weighted by molar-refractivity contribution is 6.01. The molecule has 1 aromatic rings. The summed E-state index contributed by atoms with van der Waals surface area (Å²) >= 11 is 0. The summed E-state index contributed by atoms with van der Waals surface area (Å²) in [7, 11) is 0. The van der Waals surface area contributed by atoms with Crippen molar-refractivity contribution in [3.05, 3.63) is 35.9 Å². The zero-order valence-electron chi connectivity index (χ0n) is 10.1. The molecule has 17 heavy (non-hydrogen) atoms. The van der Waals surface area contributed by atoms with Crippen molar-refractivity contribution in [3.63, 3.8) is 0 Å². The van der Waals surface area contributed by atoms with Gasteiger partial charge in [0.25, 0.3) is 0 Å². The van der Waals surface area contributed by atoms with Crippen molar-refractivity contribution in [2.45, 2.75) is 32.6 Å². The number of carbonyl (C=O) groups is 1. The van der Waals surface area contributed by atoms with Crippen LogP contribution in [0.1, 0.15) is 38.2 Å². The normalized spacial score (nSPS) is 15.7. The average Bonchev–Trinajstić information content (AvgIpc) is 3.19. The summed E-state index contributed by atoms with van der Waals surface area (Å²) in [5.41, 5.74) is 4.73. The van der Waals surface area contributed by atoms with Crippen LogP contribution in [0, 0.1) is 5.92 Å². The first-order chi connectivity index (χ1) is 8.31. The molecule has 3 heteroatoms. The maximum Gasteiger partial charge on any atom is 0.243 e. The summed E-state index contributed by atoms with van der Waals surface area (Å²) < 4.78 is 0. The summed E-state index contributed by atoms with van der Waals surface area (Å²) in [6, 6.07) is 10.0. The van der Waals surface area contributed by atoms with Crippen LogP contribution in [0.3, 0.4) is 0 Å². The quantitative estimate of drug-likeness (QED) is 0.613. The fourth-order valence-electron chi connectivity index (χ4n) is 1.69. The van der Waals surface area contributed by atoms with E-state index in [1.54, 1.807) is 0 Å². The van der Waals surface area contributed by atoms with Gasteiger partial charge in [0, 0.05) is 5.92 Å². The Kier molecular flexibility index (Phi) is 3.91. The molecule has 0 radical (unpaired) electrons. The van der Waals surface area contributed by atoms with Gasteiger partial charge in [-0.25, -0.2) is 5.43 Å². The Morgan fingerprint density at radius 2 is 2.06 bits per heavy atom. The molecular weight excluding hydrogens is 212 g/mol. The summed E-state index contributed by atoms with van der Waals surface area (Å²) in [6.45, 7) is 2.11. The first kappa shape index (κ1) is 11.8. The van der Waals surface area contributed by atoms with E-state index in [4.69, 9.17) is 0 Å². The summed E-state index contributed by atoms with van der Waals surface area (Å²) in [6.07, 6.45) is 3.92. The number of benzene rings is 1. The van der Waals surface area contributed by atoms with Gasteiger partial charge in [0.2, 0.25) is 5.91 Å². The van der Waals surface area contributed by atoms with Gasteiger partial charge in [-0.05, 0) is 24.8 Å². The third kappa shape index (κ3) is 3.41. The molecule has 0 bridgehead atoms. The molecule has 0 aromatic heterocycles. The van der Waals surface area contributed by atoms with Crippen LogP contribution in [-0.2, 0) is 4.79 Å². The van der Waals surface area contributed by atoms with Gasteiger partial charge >= 0.3 is 0 Å². The van der Waals surface area contributed by atoms with Gasteiger partial charge < -0.3 is 0 Å². The van der Waals surface area contributed by atoms with Crippen LogP contribution in [0.5, 0.6) is 0 Å². The average molecular weight is 230 g/mol. The lowest BCUT2D eigenvalue weighted by atomic mass is 10.1. The van der Waals surface area contributed by atoms with Crippen molar-refractivity contribution in [1.82, 2.24) is 5.43 Å². The number of hydrogen-bond donors (Lipinski definition) is 1. The van der Waals surface area contributed by atoms with Crippen molar-refractivity contribution in [2.75, 3.05) is 0 Å². The molecule has 2 rings (SSSR count). The number of hydrazone groups is 1. The second-order valence-corrected chi connectivity index (χ2v) is 4.42. The fourth-order valence-corrected chi connectivity index (χ4v) is 1.69. The molecule has 0 heterocycles. The minimum atomic E-state index is 0.0644. The van der Waals surface area contributed by atoms with Crippen LogP contribution in [0.25, 0.3) is 0 Å². The van der Waals surface area contributed by atoms with Gasteiger partial charge in [0.1, 0.15) is 0 Å². The van der Waals surface area contributed by atoms with Crippen molar-refractivity contribution in [2.24, 2.45) is 11.0 Å². The Balaban J connectivity index is 2.05. The van der Waals surface area contributed by atoms with Crippen LogP contribution in [-0.4, -0.2) is 11.6 Å². The highest BCUT2D eigenvalue weighted by atomic mass is 16.2. The van der Waals surface area contributed by atoms with Crippen LogP contribution in [0.2, 0.25) is 0 Å². The summed E-state index contributed by atoms with van der Waals surface area (Å²) in [5, 5.41) is 4.26. The molecular formula is C14H18N2O. The molecule has 90 valence electrons. The number of nitrogens with one attached hydrogen (secondary N) is 1. The lowest BCUT2D eigenvalue weighted by Gasteiger charge is -2.05. The first-order valence-corrected chi connectivity index (χ1v) is 6.23. The summed E-state index contributed by atoms with van der Waals surface area (Å²) in [4.78, 5) is 11.5. The molecule has 0 spiro atoms. The van der Waals surface area contributed by atoms with Gasteiger partial charge in [-0.1, -0.05) is 43.7 Å². The lowest BCUT2D eigenvalue weighted by Crippen LogP contribution is -2.21. The second-order valence-electron chi connectivity index (χ2n) is 4.42. The molecule has 0 atom stereocenters. The molecule has 1 saturated carbocycles. The van der Waals surface area contributed by atoms with Crippen molar-refractivity contribution in [3.8, 4) is 0 Å². The van der Waals surface area contributed by atoms with Crippen LogP contribution in [0.15, 0.2) is 35.4 Å². The third-order valence-corrected chi connectivity index (χ3v) is 2.84. The third-order valence-electron chi connectivity index (χ3n) is 2.84. The second kappa shape index (κ2) is 5.62. The predicted molar refractivity (Wildman–Crippen MR) is 68.8 cm³/mol. The molecule has 1 fully saturated rings. The van der Waals surface area contributed by atoms with Crippen LogP contribution in [0.4, 0.5) is 0 Å². The predicted octanol–water partition coefficient (Wildman–Crippen LogP) is 2.72. The molecule has 3 nitrogen and oxygen atoms in total. The Morgan fingerprint density at radius 3 is 2.65 bits per heavy atom. The zero-order chi connectivity index (χ0) is 12.1. The van der Waals surface area contributed by atoms with Gasteiger partial charge in [0.15, 0.2) is 0 Å². The summed E-state index contributed by atoms with van der Waals surface area (Å²) in [5.74, 6) is 0.270. The monoisotopic (exact) mass is 230 g/mol. The lowest BCUT2D eigenvalue weighted by molar-refractivity contribution is -0.122. The van der Waals surface area contributed by atoms with Crippen LogP contribution < -0.4 is 5.43 Å². The molecule has 1 aromatic carbocycles. The molecule has 1 amide bonds. The fraction of sp³-hybridized carbons (Fsp3) is 0.429. The van der Waals surface area contributed by atoms with E-state index in [2.05, 4.69) is 17.5 Å². The van der Waals surface area contributed by atoms with E-state index < -0.39 is 0 Å². The topological polar surface area (TPSA) is 41.5 Å². The van der Waals surface area contributed by atoms with Gasteiger partial charge in [-0.2, -0.15) is 5.10 Å². The zero-order valence-corrected chi connectivity index (χ0v) is 10.1. The smallest absolute Gasteiger partial charge is 0.243 e. The minimum absolute atomic E-state index is 0.0644. The largest absolute Gasteiger partial charge is 0.273 e. The Morgan fingerprint density at radius 1 is 1.35 bits per heavy atom. The van der Waals surface area contributed by atoms with Crippen molar-refractivity contribution < 1.29 is 4.79 Å². The van der Waals surface area contributed by atoms with Gasteiger partial charge in [-0.3, -0.25) is 4.79 Å². The van der Waals surface area contributed by atoms with E-state index in [1.807, 2.05) is 30.3 Å². The minimum Gasteiger partial charge on any atom is -0.273 e. The maximum atomic E-state index is 11.5. The van der Waals surface area contributed by atoms with E-state index in [0.29, 0.717) is 0 Å². The van der Waals surface area contributed by atoms with E-state index in [1.165, 1.54) is 0 Å². The maximum absolute atomic E-state index is 11.5. The Bertz CT molecular complexity index is 407. The van der Waals surface area contributed by atoms with Crippen LogP contribution >= 0.6 is 0 Å². The number of hydrogen-bond acceptors (Lipinski definition) is 2. The first-order valence-electron chi connectivity index (χ1n) is 6.23. The molecule has 0 unspecified atom stereocenters. The van der Waals surface area contributed by atoms with Crippen molar-refractivity contribution in [1.29, 1.82) is 0 Å².